The van der Waals surface area contributed by atoms with E-state index in [1.54, 1.807) is 0 Å². The van der Waals surface area contributed by atoms with Crippen LogP contribution in [0, 0.1) is 11.6 Å². The van der Waals surface area contributed by atoms with Crippen LogP contribution in [0.15, 0.2) is 36.4 Å². The third-order valence-electron chi connectivity index (χ3n) is 2.42. The number of halogens is 5. The molecule has 0 aliphatic heterocycles. The van der Waals surface area contributed by atoms with Crippen molar-refractivity contribution in [1.29, 1.82) is 0 Å². The van der Waals surface area contributed by atoms with Crippen LogP contribution in [0.25, 0.3) is 11.1 Å². The van der Waals surface area contributed by atoms with E-state index in [2.05, 4.69) is 4.74 Å². The molecule has 0 atom stereocenters. The van der Waals surface area contributed by atoms with Gasteiger partial charge in [0.1, 0.15) is 17.4 Å². The number of ether oxygens (including phenoxy) is 1. The molecule has 0 radical (unpaired) electrons. The molecule has 0 amide bonds. The van der Waals surface area contributed by atoms with E-state index in [0.717, 1.165) is 24.3 Å². The number of nitrogen functional groups attached to an aromatic ring is 1. The normalized spacial score (nSPS) is 11.4. The molecule has 0 fully saturated rings. The zero-order valence-electron chi connectivity index (χ0n) is 9.84. The minimum atomic E-state index is -4.88. The summed E-state index contributed by atoms with van der Waals surface area (Å²) in [6.07, 6.45) is -4.88. The van der Waals surface area contributed by atoms with Gasteiger partial charge in [0.15, 0.2) is 0 Å². The third-order valence-corrected chi connectivity index (χ3v) is 2.42. The highest BCUT2D eigenvalue weighted by Crippen LogP contribution is 2.32. The number of rotatable bonds is 2. The van der Waals surface area contributed by atoms with Gasteiger partial charge in [0.25, 0.3) is 0 Å². The van der Waals surface area contributed by atoms with Crippen LogP contribution in [0.4, 0.5) is 27.6 Å². The lowest BCUT2D eigenvalue weighted by molar-refractivity contribution is -0.274. The topological polar surface area (TPSA) is 35.2 Å². The second-order valence-electron chi connectivity index (χ2n) is 3.94. The van der Waals surface area contributed by atoms with Crippen molar-refractivity contribution in [2.45, 2.75) is 6.36 Å². The maximum Gasteiger partial charge on any atom is 0.573 e. The van der Waals surface area contributed by atoms with E-state index in [9.17, 15) is 22.0 Å². The monoisotopic (exact) mass is 289 g/mol. The van der Waals surface area contributed by atoms with E-state index >= 15 is 0 Å². The van der Waals surface area contributed by atoms with E-state index < -0.39 is 29.3 Å². The van der Waals surface area contributed by atoms with Crippen molar-refractivity contribution in [3.8, 4) is 16.9 Å². The van der Waals surface area contributed by atoms with Crippen molar-refractivity contribution in [2.75, 3.05) is 5.73 Å². The summed E-state index contributed by atoms with van der Waals surface area (Å²) in [6, 6.07) is 6.16. The molecule has 0 aliphatic carbocycles. The van der Waals surface area contributed by atoms with Gasteiger partial charge in [-0.15, -0.1) is 13.2 Å². The fourth-order valence-corrected chi connectivity index (χ4v) is 1.72. The van der Waals surface area contributed by atoms with Gasteiger partial charge in [-0.05, 0) is 29.8 Å². The van der Waals surface area contributed by atoms with Crippen LogP contribution in [0.2, 0.25) is 0 Å². The average molecular weight is 289 g/mol. The van der Waals surface area contributed by atoms with Gasteiger partial charge < -0.3 is 10.5 Å². The van der Waals surface area contributed by atoms with E-state index in [1.165, 1.54) is 12.1 Å². The fraction of sp³-hybridized carbons (Fsp3) is 0.0769. The minimum Gasteiger partial charge on any atom is -0.406 e. The van der Waals surface area contributed by atoms with Crippen LogP contribution in [0.5, 0.6) is 5.75 Å². The van der Waals surface area contributed by atoms with E-state index in [0.29, 0.717) is 0 Å². The Balaban J connectivity index is 2.47. The summed E-state index contributed by atoms with van der Waals surface area (Å²) >= 11 is 0. The Morgan fingerprint density at radius 1 is 0.950 bits per heavy atom. The molecule has 7 heteroatoms. The number of nitrogens with two attached hydrogens (primary N) is 1. The standard InChI is InChI=1S/C13H8F5NO/c14-10-5-8(19)6-11(15)12(10)7-2-1-3-9(4-7)20-13(16,17)18/h1-6H,19H2. The molecule has 2 rings (SSSR count). The maximum atomic E-state index is 13.7. The zero-order chi connectivity index (χ0) is 14.9. The first kappa shape index (κ1) is 14.1. The van der Waals surface area contributed by atoms with Gasteiger partial charge in [-0.25, -0.2) is 8.78 Å². The smallest absolute Gasteiger partial charge is 0.406 e. The zero-order valence-corrected chi connectivity index (χ0v) is 9.84. The Hall–Kier alpha value is -2.31. The van der Waals surface area contributed by atoms with Gasteiger partial charge in [-0.2, -0.15) is 0 Å². The number of hydrogen-bond acceptors (Lipinski definition) is 2. The van der Waals surface area contributed by atoms with Gasteiger partial charge in [0.05, 0.1) is 5.56 Å². The van der Waals surface area contributed by atoms with Gasteiger partial charge in [0.2, 0.25) is 0 Å². The van der Waals surface area contributed by atoms with Crippen molar-refractivity contribution < 1.29 is 26.7 Å². The summed E-state index contributed by atoms with van der Waals surface area (Å²) in [6.45, 7) is 0. The van der Waals surface area contributed by atoms with Gasteiger partial charge in [-0.1, -0.05) is 12.1 Å². The number of alkyl halides is 3. The molecule has 0 aliphatic rings. The molecule has 2 aromatic rings. The molecule has 106 valence electrons. The van der Waals surface area contributed by atoms with Crippen LogP contribution in [-0.2, 0) is 0 Å². The third kappa shape index (κ3) is 3.17. The summed E-state index contributed by atoms with van der Waals surface area (Å²) in [5.41, 5.74) is 4.60. The fourth-order valence-electron chi connectivity index (χ4n) is 1.72. The molecule has 2 N–H and O–H groups in total. The highest BCUT2D eigenvalue weighted by atomic mass is 19.4. The predicted octanol–water partition coefficient (Wildman–Crippen LogP) is 4.11. The molecule has 0 aromatic heterocycles. The van der Waals surface area contributed by atoms with E-state index in [4.69, 9.17) is 5.73 Å². The Morgan fingerprint density at radius 3 is 2.10 bits per heavy atom. The molecule has 0 unspecified atom stereocenters. The van der Waals surface area contributed by atoms with Gasteiger partial charge in [-0.3, -0.25) is 0 Å². The first-order chi connectivity index (χ1) is 9.26. The van der Waals surface area contributed by atoms with Crippen molar-refractivity contribution in [1.82, 2.24) is 0 Å². The van der Waals surface area contributed by atoms with Crippen molar-refractivity contribution in [2.24, 2.45) is 0 Å². The molecule has 2 nitrogen and oxygen atoms in total. The number of hydrogen-bond donors (Lipinski definition) is 1. The Kier molecular flexibility index (Phi) is 3.52. The minimum absolute atomic E-state index is 0.0817. The maximum absolute atomic E-state index is 13.7. The van der Waals surface area contributed by atoms with Crippen molar-refractivity contribution in [3.63, 3.8) is 0 Å². The first-order valence-electron chi connectivity index (χ1n) is 5.37. The number of anilines is 1. The summed E-state index contributed by atoms with van der Waals surface area (Å²) in [4.78, 5) is 0. The Bertz CT molecular complexity index is 616. The molecule has 20 heavy (non-hydrogen) atoms. The molecular formula is C13H8F5NO. The van der Waals surface area contributed by atoms with Crippen molar-refractivity contribution in [3.05, 3.63) is 48.0 Å². The lowest BCUT2D eigenvalue weighted by Gasteiger charge is -2.11. The summed E-state index contributed by atoms with van der Waals surface area (Å²) in [7, 11) is 0. The lowest BCUT2D eigenvalue weighted by atomic mass is 10.0. The molecular weight excluding hydrogens is 281 g/mol. The second-order valence-corrected chi connectivity index (χ2v) is 3.94. The quantitative estimate of drug-likeness (QED) is 0.667. The molecule has 0 heterocycles. The highest BCUT2D eigenvalue weighted by molar-refractivity contribution is 5.68. The highest BCUT2D eigenvalue weighted by Gasteiger charge is 2.31. The lowest BCUT2D eigenvalue weighted by Crippen LogP contribution is -2.17. The van der Waals surface area contributed by atoms with Gasteiger partial charge >= 0.3 is 6.36 Å². The van der Waals surface area contributed by atoms with Gasteiger partial charge in [0, 0.05) is 5.69 Å². The number of benzene rings is 2. The average Bonchev–Trinajstić information content (AvgIpc) is 2.25. The summed E-state index contributed by atoms with van der Waals surface area (Å²) in [5, 5.41) is 0. The largest absolute Gasteiger partial charge is 0.573 e. The van der Waals surface area contributed by atoms with Crippen LogP contribution >= 0.6 is 0 Å². The van der Waals surface area contributed by atoms with Crippen LogP contribution in [0.1, 0.15) is 0 Å². The van der Waals surface area contributed by atoms with Crippen molar-refractivity contribution >= 4 is 5.69 Å². The molecule has 0 saturated carbocycles. The molecule has 0 bridgehead atoms. The Morgan fingerprint density at radius 2 is 1.55 bits per heavy atom. The molecule has 0 spiro atoms. The van der Waals surface area contributed by atoms with E-state index in [-0.39, 0.29) is 11.3 Å². The Labute approximate surface area is 110 Å². The molecule has 2 aromatic carbocycles. The van der Waals surface area contributed by atoms with E-state index in [1.807, 2.05) is 0 Å². The summed E-state index contributed by atoms with van der Waals surface area (Å²) in [5.74, 6) is -2.50. The summed E-state index contributed by atoms with van der Waals surface area (Å²) < 4.78 is 67.4. The second kappa shape index (κ2) is 4.99. The first-order valence-corrected chi connectivity index (χ1v) is 5.37. The predicted molar refractivity (Wildman–Crippen MR) is 62.9 cm³/mol. The van der Waals surface area contributed by atoms with Crippen LogP contribution in [0.3, 0.4) is 0 Å². The van der Waals surface area contributed by atoms with Crippen LogP contribution < -0.4 is 10.5 Å². The molecule has 0 saturated heterocycles. The SMILES string of the molecule is Nc1cc(F)c(-c2cccc(OC(F)(F)F)c2)c(F)c1. The van der Waals surface area contributed by atoms with Crippen LogP contribution in [-0.4, -0.2) is 6.36 Å².